The summed E-state index contributed by atoms with van der Waals surface area (Å²) in [5.74, 6) is -3.91. The maximum atomic E-state index is 12.6. The van der Waals surface area contributed by atoms with Crippen molar-refractivity contribution >= 4 is 29.6 Å². The second-order valence-electron chi connectivity index (χ2n) is 6.21. The number of carbonyl (C=O) groups is 5. The molecule has 0 saturated carbocycles. The van der Waals surface area contributed by atoms with Crippen molar-refractivity contribution in [1.29, 1.82) is 0 Å². The Morgan fingerprint density at radius 3 is 1.88 bits per heavy atom. The van der Waals surface area contributed by atoms with Crippen molar-refractivity contribution in [2.75, 3.05) is 0 Å². The van der Waals surface area contributed by atoms with Gasteiger partial charge in [0, 0.05) is 12.8 Å². The van der Waals surface area contributed by atoms with E-state index in [1.165, 1.54) is 12.1 Å². The first-order valence-corrected chi connectivity index (χ1v) is 7.87. The van der Waals surface area contributed by atoms with E-state index in [1.54, 1.807) is 26.0 Å². The molecule has 130 valence electrons. The molecule has 0 aliphatic carbocycles. The normalized spacial score (nSPS) is 18.2. The van der Waals surface area contributed by atoms with Crippen LogP contribution in [0.3, 0.4) is 0 Å². The van der Waals surface area contributed by atoms with Crippen molar-refractivity contribution < 1.29 is 28.8 Å². The highest BCUT2D eigenvalue weighted by atomic mass is 16.7. The van der Waals surface area contributed by atoms with E-state index in [9.17, 15) is 24.0 Å². The molecule has 1 saturated heterocycles. The van der Waals surface area contributed by atoms with Gasteiger partial charge in [-0.05, 0) is 18.1 Å². The zero-order valence-corrected chi connectivity index (χ0v) is 13.7. The molecule has 8 heteroatoms. The number of hydroxylamine groups is 2. The third-order valence-corrected chi connectivity index (χ3v) is 4.16. The molecule has 8 nitrogen and oxygen atoms in total. The average molecular weight is 344 g/mol. The van der Waals surface area contributed by atoms with Crippen molar-refractivity contribution in [1.82, 2.24) is 9.96 Å². The summed E-state index contributed by atoms with van der Waals surface area (Å²) in [4.78, 5) is 66.7. The van der Waals surface area contributed by atoms with Crippen LogP contribution in [0.2, 0.25) is 0 Å². The minimum Gasteiger partial charge on any atom is -0.328 e. The Morgan fingerprint density at radius 1 is 0.960 bits per heavy atom. The summed E-state index contributed by atoms with van der Waals surface area (Å²) in [6.45, 7) is 3.28. The number of imide groups is 2. The van der Waals surface area contributed by atoms with E-state index < -0.39 is 41.6 Å². The van der Waals surface area contributed by atoms with Gasteiger partial charge in [0.1, 0.15) is 6.04 Å². The average Bonchev–Trinajstić information content (AvgIpc) is 3.01. The predicted octanol–water partition coefficient (Wildman–Crippen LogP) is 0.914. The Balaban J connectivity index is 1.88. The summed E-state index contributed by atoms with van der Waals surface area (Å²) in [6, 6.07) is 5.02. The van der Waals surface area contributed by atoms with Crippen LogP contribution in [0.25, 0.3) is 0 Å². The quantitative estimate of drug-likeness (QED) is 0.753. The maximum Gasteiger partial charge on any atom is 0.356 e. The second-order valence-corrected chi connectivity index (χ2v) is 6.21. The Hall–Kier alpha value is -3.03. The van der Waals surface area contributed by atoms with Gasteiger partial charge in [0.05, 0.1) is 11.1 Å². The maximum absolute atomic E-state index is 12.6. The fourth-order valence-electron chi connectivity index (χ4n) is 2.94. The molecule has 1 atom stereocenters. The van der Waals surface area contributed by atoms with E-state index in [2.05, 4.69) is 0 Å². The zero-order chi connectivity index (χ0) is 18.3. The number of hydrogen-bond acceptors (Lipinski definition) is 6. The minimum atomic E-state index is -1.24. The highest BCUT2D eigenvalue weighted by molar-refractivity contribution is 6.22. The standard InChI is InChI=1S/C17H16N2O6/c1-9(2)14(17(24)25-19-12(20)7-8-13(19)21)18-15(22)10-5-3-4-6-11(10)16(18)23/h3-6,9,14H,7-8H2,1-2H3/t14-/m1/s1. The highest BCUT2D eigenvalue weighted by Gasteiger charge is 2.46. The lowest BCUT2D eigenvalue weighted by atomic mass is 10.0. The Morgan fingerprint density at radius 2 is 1.44 bits per heavy atom. The molecule has 0 bridgehead atoms. The number of rotatable bonds is 4. The number of fused-ring (bicyclic) bond motifs is 1. The van der Waals surface area contributed by atoms with Gasteiger partial charge in [-0.25, -0.2) is 4.79 Å². The van der Waals surface area contributed by atoms with Crippen LogP contribution in [0.1, 0.15) is 47.4 Å². The molecule has 0 radical (unpaired) electrons. The summed E-state index contributed by atoms with van der Waals surface area (Å²) in [7, 11) is 0. The van der Waals surface area contributed by atoms with E-state index in [1.807, 2.05) is 0 Å². The Labute approximate surface area is 143 Å². The van der Waals surface area contributed by atoms with Crippen LogP contribution in [0.15, 0.2) is 24.3 Å². The summed E-state index contributed by atoms with van der Waals surface area (Å²) >= 11 is 0. The van der Waals surface area contributed by atoms with Gasteiger partial charge in [-0.1, -0.05) is 26.0 Å². The molecular formula is C17H16N2O6. The lowest BCUT2D eigenvalue weighted by molar-refractivity contribution is -0.201. The third kappa shape index (κ3) is 2.69. The van der Waals surface area contributed by atoms with Gasteiger partial charge in [-0.2, -0.15) is 0 Å². The minimum absolute atomic E-state index is 0.0362. The number of nitrogens with zero attached hydrogens (tertiary/aromatic N) is 2. The van der Waals surface area contributed by atoms with Gasteiger partial charge in [-0.15, -0.1) is 5.06 Å². The lowest BCUT2D eigenvalue weighted by Crippen LogP contribution is -2.50. The molecule has 0 unspecified atom stereocenters. The molecule has 0 aromatic heterocycles. The van der Waals surface area contributed by atoms with Gasteiger partial charge >= 0.3 is 5.97 Å². The molecule has 2 aliphatic heterocycles. The molecule has 0 spiro atoms. The van der Waals surface area contributed by atoms with Crippen LogP contribution in [0.4, 0.5) is 0 Å². The fourth-order valence-corrected chi connectivity index (χ4v) is 2.94. The summed E-state index contributed by atoms with van der Waals surface area (Å²) in [5, 5.41) is 0.413. The molecular weight excluding hydrogens is 328 g/mol. The highest BCUT2D eigenvalue weighted by Crippen LogP contribution is 2.28. The first-order valence-electron chi connectivity index (χ1n) is 7.87. The number of carbonyl (C=O) groups excluding carboxylic acids is 5. The zero-order valence-electron chi connectivity index (χ0n) is 13.7. The summed E-state index contributed by atoms with van der Waals surface area (Å²) < 4.78 is 0. The smallest absolute Gasteiger partial charge is 0.328 e. The summed E-state index contributed by atoms with van der Waals surface area (Å²) in [5.41, 5.74) is 0.415. The van der Waals surface area contributed by atoms with Crippen molar-refractivity contribution in [3.63, 3.8) is 0 Å². The fraction of sp³-hybridized carbons (Fsp3) is 0.353. The van der Waals surface area contributed by atoms with Crippen molar-refractivity contribution in [3.8, 4) is 0 Å². The molecule has 25 heavy (non-hydrogen) atoms. The van der Waals surface area contributed by atoms with Crippen molar-refractivity contribution in [3.05, 3.63) is 35.4 Å². The van der Waals surface area contributed by atoms with Crippen molar-refractivity contribution in [2.45, 2.75) is 32.7 Å². The molecule has 4 amide bonds. The summed E-state index contributed by atoms with van der Waals surface area (Å²) in [6.07, 6.45) is -0.0725. The van der Waals surface area contributed by atoms with Crippen LogP contribution in [-0.2, 0) is 19.2 Å². The van der Waals surface area contributed by atoms with E-state index in [0.717, 1.165) is 4.90 Å². The van der Waals surface area contributed by atoms with E-state index in [0.29, 0.717) is 5.06 Å². The van der Waals surface area contributed by atoms with Gasteiger partial charge in [0.15, 0.2) is 0 Å². The number of benzene rings is 1. The third-order valence-electron chi connectivity index (χ3n) is 4.16. The molecule has 3 rings (SSSR count). The molecule has 1 aromatic rings. The first-order chi connectivity index (χ1) is 11.8. The van der Waals surface area contributed by atoms with Gasteiger partial charge in [0.2, 0.25) is 0 Å². The van der Waals surface area contributed by atoms with E-state index >= 15 is 0 Å². The van der Waals surface area contributed by atoms with E-state index in [-0.39, 0.29) is 24.0 Å². The molecule has 1 fully saturated rings. The number of amides is 4. The van der Waals surface area contributed by atoms with Crippen LogP contribution in [-0.4, -0.2) is 45.6 Å². The molecule has 2 heterocycles. The first kappa shape index (κ1) is 16.8. The van der Waals surface area contributed by atoms with Crippen LogP contribution >= 0.6 is 0 Å². The van der Waals surface area contributed by atoms with Gasteiger partial charge in [0.25, 0.3) is 23.6 Å². The van der Waals surface area contributed by atoms with Crippen LogP contribution in [0, 0.1) is 5.92 Å². The largest absolute Gasteiger partial charge is 0.356 e. The van der Waals surface area contributed by atoms with Crippen LogP contribution < -0.4 is 0 Å². The molecule has 1 aromatic carbocycles. The SMILES string of the molecule is CC(C)[C@H](C(=O)ON1C(=O)CCC1=O)N1C(=O)c2ccccc2C1=O. The van der Waals surface area contributed by atoms with Gasteiger partial charge < -0.3 is 4.84 Å². The molecule has 2 aliphatic rings. The monoisotopic (exact) mass is 344 g/mol. The lowest BCUT2D eigenvalue weighted by Gasteiger charge is -2.28. The predicted molar refractivity (Wildman–Crippen MR) is 82.7 cm³/mol. The van der Waals surface area contributed by atoms with Gasteiger partial charge in [-0.3, -0.25) is 24.1 Å². The van der Waals surface area contributed by atoms with Crippen molar-refractivity contribution in [2.24, 2.45) is 5.92 Å². The second kappa shape index (κ2) is 6.12. The number of hydrogen-bond donors (Lipinski definition) is 0. The van der Waals surface area contributed by atoms with E-state index in [4.69, 9.17) is 4.84 Å². The Bertz CT molecular complexity index is 749. The topological polar surface area (TPSA) is 101 Å². The van der Waals surface area contributed by atoms with Crippen LogP contribution in [0.5, 0.6) is 0 Å². The molecule has 0 N–H and O–H groups in total. The Kier molecular flexibility index (Phi) is 4.12.